The fourth-order valence-electron chi connectivity index (χ4n) is 0. The molecule has 0 spiro atoms. The van der Waals surface area contributed by atoms with Crippen LogP contribution < -0.4 is 0 Å². The smallest absolute Gasteiger partial charge is 1.00 e. The summed E-state index contributed by atoms with van der Waals surface area (Å²) in [7, 11) is 0. The van der Waals surface area contributed by atoms with E-state index < -0.39 is 0 Å². The molecular formula is C2H7AlMgO. The standard InChI is InChI=1S/C2H5O.Al.Mg.2H/c1-2-3;;;;/h3H,1-2H2;;;;/q;;+2;2*-1. The van der Waals surface area contributed by atoms with Crippen molar-refractivity contribution in [3.8, 4) is 0 Å². The molecule has 0 aliphatic heterocycles. The molecule has 0 fully saturated rings. The Morgan fingerprint density at radius 1 is 1.80 bits per heavy atom. The molecular weight excluding hydrogens is 91.3 g/mol. The van der Waals surface area contributed by atoms with Gasteiger partial charge in [0.2, 0.25) is 0 Å². The van der Waals surface area contributed by atoms with Crippen LogP contribution in [0, 0.1) is 0 Å². The van der Waals surface area contributed by atoms with Crippen LogP contribution in [0.1, 0.15) is 2.85 Å². The number of aliphatic hydroxyl groups is 1. The van der Waals surface area contributed by atoms with Gasteiger partial charge in [0.15, 0.2) is 0 Å². The molecule has 1 nitrogen and oxygen atoms in total. The summed E-state index contributed by atoms with van der Waals surface area (Å²) in [5.74, 6) is 0. The second kappa shape index (κ2) is 8.98. The molecule has 0 rings (SSSR count). The van der Waals surface area contributed by atoms with E-state index in [0.29, 0.717) is 0 Å². The zero-order valence-electron chi connectivity index (χ0n) is 5.15. The van der Waals surface area contributed by atoms with Gasteiger partial charge in [-0.2, -0.15) is 0 Å². The molecule has 3 heteroatoms. The molecule has 0 aromatic carbocycles. The van der Waals surface area contributed by atoms with Crippen LogP contribution in [-0.4, -0.2) is 51.1 Å². The molecule has 5 heavy (non-hydrogen) atoms. The Balaban J connectivity index is -0.0000000150. The fourth-order valence-corrected chi connectivity index (χ4v) is 0. The Kier molecular flexibility index (Phi) is 17.1. The molecule has 0 saturated heterocycles. The minimum Gasteiger partial charge on any atom is -1.00 e. The van der Waals surface area contributed by atoms with Crippen LogP contribution in [0.3, 0.4) is 0 Å². The summed E-state index contributed by atoms with van der Waals surface area (Å²) in [6, 6.07) is 0. The van der Waals surface area contributed by atoms with Crippen LogP contribution in [0.25, 0.3) is 0 Å². The van der Waals surface area contributed by atoms with E-state index in [-0.39, 0.29) is 32.5 Å². The average molecular weight is 98.4 g/mol. The van der Waals surface area contributed by atoms with Crippen molar-refractivity contribution in [2.75, 3.05) is 6.61 Å². The molecule has 0 aliphatic carbocycles. The normalized spacial score (nSPS) is 5.80. The summed E-state index contributed by atoms with van der Waals surface area (Å²) in [6.07, 6.45) is 0. The third-order valence-electron chi connectivity index (χ3n) is 0.129. The van der Waals surface area contributed by atoms with E-state index in [9.17, 15) is 0 Å². The molecule has 0 heterocycles. The van der Waals surface area contributed by atoms with Crippen molar-refractivity contribution >= 4 is 39.3 Å². The van der Waals surface area contributed by atoms with Gasteiger partial charge in [-0.3, -0.25) is 0 Å². The zero-order chi connectivity index (χ0) is 3.41. The molecule has 0 aliphatic rings. The summed E-state index contributed by atoms with van der Waals surface area (Å²) in [5.41, 5.74) is 0. The van der Waals surface area contributed by atoms with Gasteiger partial charge in [-0.25, -0.2) is 0 Å². The van der Waals surface area contributed by atoms with Crippen LogP contribution in [0.4, 0.5) is 0 Å². The van der Waals surface area contributed by atoms with Gasteiger partial charge in [0.25, 0.3) is 0 Å². The van der Waals surface area contributed by atoms with Crippen LogP contribution in [0.2, 0.25) is 5.28 Å². The first kappa shape index (κ1) is 9.54. The summed E-state index contributed by atoms with van der Waals surface area (Å²) < 4.78 is 0. The van der Waals surface area contributed by atoms with E-state index in [1.807, 2.05) is 0 Å². The minimum atomic E-state index is 0. The van der Waals surface area contributed by atoms with Gasteiger partial charge in [-0.1, -0.05) is 5.28 Å². The van der Waals surface area contributed by atoms with Gasteiger partial charge < -0.3 is 7.96 Å². The minimum absolute atomic E-state index is 0. The number of hydrogen-bond acceptors (Lipinski definition) is 1. The average Bonchev–Trinajstić information content (AvgIpc) is 1.37. The van der Waals surface area contributed by atoms with Crippen LogP contribution >= 0.6 is 0 Å². The van der Waals surface area contributed by atoms with Crippen LogP contribution in [0.5, 0.6) is 0 Å². The van der Waals surface area contributed by atoms with Crippen molar-refractivity contribution in [3.63, 3.8) is 0 Å². The SMILES string of the molecule is OC[CH2][Al].[H-].[H-].[Mg+2]. The maximum Gasteiger partial charge on any atom is 2.00 e. The first-order valence-corrected chi connectivity index (χ1v) is 2.04. The van der Waals surface area contributed by atoms with E-state index in [2.05, 4.69) is 16.3 Å². The van der Waals surface area contributed by atoms with Gasteiger partial charge in [0.1, 0.15) is 16.3 Å². The Morgan fingerprint density at radius 2 is 2.00 bits per heavy atom. The van der Waals surface area contributed by atoms with Crippen LogP contribution in [0.15, 0.2) is 0 Å². The first-order valence-electron chi connectivity index (χ1n) is 1.22. The van der Waals surface area contributed by atoms with Gasteiger partial charge in [0, 0.05) is 6.61 Å². The van der Waals surface area contributed by atoms with Crippen molar-refractivity contribution in [2.24, 2.45) is 0 Å². The second-order valence-electron chi connectivity index (χ2n) is 0.512. The second-order valence-corrected chi connectivity index (χ2v) is 1.09. The Bertz CT molecular complexity index is 17.7. The molecule has 2 radical (unpaired) electrons. The molecule has 1 N–H and O–H groups in total. The number of aliphatic hydroxyl groups excluding tert-OH is 1. The molecule has 26 valence electrons. The van der Waals surface area contributed by atoms with Gasteiger partial charge >= 0.3 is 23.1 Å². The Hall–Kier alpha value is 1.26. The first-order chi connectivity index (χ1) is 1.91. The number of rotatable bonds is 1. The summed E-state index contributed by atoms with van der Waals surface area (Å²) in [5, 5.41) is 8.65. The maximum atomic E-state index is 7.85. The summed E-state index contributed by atoms with van der Waals surface area (Å²) in [4.78, 5) is 0. The summed E-state index contributed by atoms with van der Waals surface area (Å²) in [6.45, 7) is 0.282. The molecule has 0 amide bonds. The predicted molar refractivity (Wildman–Crippen MR) is 25.6 cm³/mol. The molecule has 0 bridgehead atoms. The predicted octanol–water partition coefficient (Wildman–Crippen LogP) is -0.590. The van der Waals surface area contributed by atoms with Crippen molar-refractivity contribution in [1.82, 2.24) is 0 Å². The molecule has 0 aromatic heterocycles. The van der Waals surface area contributed by atoms with Crippen molar-refractivity contribution < 1.29 is 7.96 Å². The van der Waals surface area contributed by atoms with Gasteiger partial charge in [0.05, 0.1) is 0 Å². The third-order valence-corrected chi connectivity index (χ3v) is 0.387. The topological polar surface area (TPSA) is 20.2 Å². The van der Waals surface area contributed by atoms with E-state index in [1.165, 1.54) is 0 Å². The molecule has 0 atom stereocenters. The van der Waals surface area contributed by atoms with E-state index in [0.717, 1.165) is 5.28 Å². The van der Waals surface area contributed by atoms with Gasteiger partial charge in [-0.15, -0.1) is 0 Å². The Morgan fingerprint density at radius 3 is 2.00 bits per heavy atom. The Labute approximate surface area is 59.3 Å². The fraction of sp³-hybridized carbons (Fsp3) is 1.00. The van der Waals surface area contributed by atoms with E-state index in [4.69, 9.17) is 5.11 Å². The van der Waals surface area contributed by atoms with E-state index in [1.54, 1.807) is 0 Å². The number of hydrogen-bond donors (Lipinski definition) is 1. The summed E-state index contributed by atoms with van der Waals surface area (Å²) >= 11 is 2.41. The molecule has 0 unspecified atom stereocenters. The largest absolute Gasteiger partial charge is 2.00 e. The van der Waals surface area contributed by atoms with E-state index >= 15 is 0 Å². The molecule has 0 aromatic rings. The monoisotopic (exact) mass is 98.0 g/mol. The van der Waals surface area contributed by atoms with Crippen molar-refractivity contribution in [2.45, 2.75) is 5.28 Å². The quantitative estimate of drug-likeness (QED) is 0.435. The van der Waals surface area contributed by atoms with Crippen molar-refractivity contribution in [1.29, 1.82) is 0 Å². The van der Waals surface area contributed by atoms with Crippen molar-refractivity contribution in [3.05, 3.63) is 0 Å². The van der Waals surface area contributed by atoms with Gasteiger partial charge in [-0.05, 0) is 0 Å². The third kappa shape index (κ3) is 10.9. The zero-order valence-corrected chi connectivity index (χ0v) is 5.71. The maximum absolute atomic E-state index is 7.85. The van der Waals surface area contributed by atoms with Crippen LogP contribution in [-0.2, 0) is 0 Å². The molecule has 0 saturated carbocycles.